The maximum atomic E-state index is 13.4. The molecule has 3 aromatic rings. The number of carbonyl (C=O) groups excluding carboxylic acids is 2. The van der Waals surface area contributed by atoms with Crippen molar-refractivity contribution in [2.45, 2.75) is 38.8 Å². The summed E-state index contributed by atoms with van der Waals surface area (Å²) in [6, 6.07) is 12.0. The summed E-state index contributed by atoms with van der Waals surface area (Å²) in [4.78, 5) is 34.9. The number of nitrogens with zero attached hydrogens (tertiary/aromatic N) is 2. The van der Waals surface area contributed by atoms with Crippen LogP contribution in [-0.4, -0.2) is 53.0 Å². The minimum atomic E-state index is -0.459. The summed E-state index contributed by atoms with van der Waals surface area (Å²) < 4.78 is 5.76. The van der Waals surface area contributed by atoms with E-state index in [0.717, 1.165) is 39.8 Å². The van der Waals surface area contributed by atoms with Crippen molar-refractivity contribution in [1.29, 1.82) is 0 Å². The summed E-state index contributed by atoms with van der Waals surface area (Å²) in [7, 11) is 1.34. The number of esters is 1. The average Bonchev–Trinajstić information content (AvgIpc) is 3.48. The van der Waals surface area contributed by atoms with Crippen LogP contribution in [0.1, 0.15) is 38.6 Å². The van der Waals surface area contributed by atoms with Gasteiger partial charge < -0.3 is 14.6 Å². The third-order valence-corrected chi connectivity index (χ3v) is 6.68. The zero-order chi connectivity index (χ0) is 23.5. The molecule has 7 nitrogen and oxygen atoms in total. The Bertz CT molecular complexity index is 1160. The van der Waals surface area contributed by atoms with Crippen molar-refractivity contribution in [2.24, 2.45) is 5.92 Å². The van der Waals surface area contributed by atoms with E-state index in [1.54, 1.807) is 0 Å². The normalized spacial score (nSPS) is 17.0. The minimum absolute atomic E-state index is 0.00697. The first-order valence-corrected chi connectivity index (χ1v) is 12.0. The molecule has 0 bridgehead atoms. The monoisotopic (exact) mass is 512 g/mol. The van der Waals surface area contributed by atoms with Crippen molar-refractivity contribution >= 4 is 38.6 Å². The van der Waals surface area contributed by atoms with Crippen LogP contribution in [0.4, 0.5) is 0 Å². The molecule has 0 saturated carbocycles. The number of H-pyrrole nitrogens is 1. The summed E-state index contributed by atoms with van der Waals surface area (Å²) in [5.41, 5.74) is 1.98. The molecule has 33 heavy (non-hydrogen) atoms. The Hall–Kier alpha value is -2.71. The SMILES string of the molecule is COC(=O)CN[C@H](C(=O)N1CCC[C@H]1c1ncc(-c2ccc3cc(Br)ccc3c2)[nH]1)C(C)C. The molecular weight excluding hydrogens is 484 g/mol. The lowest BCUT2D eigenvalue weighted by Crippen LogP contribution is -2.50. The Morgan fingerprint density at radius 2 is 2.00 bits per heavy atom. The van der Waals surface area contributed by atoms with Crippen LogP contribution in [0.5, 0.6) is 0 Å². The maximum Gasteiger partial charge on any atom is 0.319 e. The molecule has 2 aromatic carbocycles. The number of methoxy groups -OCH3 is 1. The summed E-state index contributed by atoms with van der Waals surface area (Å²) in [6.45, 7) is 4.63. The lowest BCUT2D eigenvalue weighted by Gasteiger charge is -2.30. The number of aromatic amines is 1. The average molecular weight is 513 g/mol. The molecule has 0 aliphatic carbocycles. The number of halogens is 1. The summed E-state index contributed by atoms with van der Waals surface area (Å²) in [5.74, 6) is 0.436. The predicted octanol–water partition coefficient (Wildman–Crippen LogP) is 4.44. The fraction of sp³-hybridized carbons (Fsp3) is 0.400. The number of carbonyl (C=O) groups is 2. The second-order valence-electron chi connectivity index (χ2n) is 8.76. The van der Waals surface area contributed by atoms with Crippen molar-refractivity contribution in [1.82, 2.24) is 20.2 Å². The lowest BCUT2D eigenvalue weighted by molar-refractivity contribution is -0.140. The Kier molecular flexibility index (Phi) is 7.14. The number of benzene rings is 2. The second-order valence-corrected chi connectivity index (χ2v) is 9.67. The van der Waals surface area contributed by atoms with E-state index in [4.69, 9.17) is 4.74 Å². The largest absolute Gasteiger partial charge is 0.468 e. The molecule has 1 aliphatic heterocycles. The molecule has 0 spiro atoms. The van der Waals surface area contributed by atoms with E-state index >= 15 is 0 Å². The van der Waals surface area contributed by atoms with E-state index in [1.807, 2.05) is 31.0 Å². The highest BCUT2D eigenvalue weighted by Crippen LogP contribution is 2.33. The predicted molar refractivity (Wildman–Crippen MR) is 132 cm³/mol. The van der Waals surface area contributed by atoms with Crippen LogP contribution in [-0.2, 0) is 14.3 Å². The fourth-order valence-electron chi connectivity index (χ4n) is 4.40. The van der Waals surface area contributed by atoms with Gasteiger partial charge in [0.1, 0.15) is 5.82 Å². The fourth-order valence-corrected chi connectivity index (χ4v) is 4.78. The highest BCUT2D eigenvalue weighted by atomic mass is 79.9. The third kappa shape index (κ3) is 5.12. The molecule has 2 atom stereocenters. The first kappa shape index (κ1) is 23.4. The number of ether oxygens (including phenoxy) is 1. The zero-order valence-electron chi connectivity index (χ0n) is 19.1. The van der Waals surface area contributed by atoms with Gasteiger partial charge in [0.2, 0.25) is 5.91 Å². The van der Waals surface area contributed by atoms with E-state index < -0.39 is 6.04 Å². The van der Waals surface area contributed by atoms with Gasteiger partial charge in [-0.2, -0.15) is 0 Å². The Labute approximate surface area is 202 Å². The number of fused-ring (bicyclic) bond motifs is 1. The van der Waals surface area contributed by atoms with Crippen molar-refractivity contribution in [2.75, 3.05) is 20.2 Å². The number of imidazole rings is 1. The third-order valence-electron chi connectivity index (χ3n) is 6.19. The molecule has 2 N–H and O–H groups in total. The van der Waals surface area contributed by atoms with E-state index in [2.05, 4.69) is 61.5 Å². The molecule has 1 aliphatic rings. The van der Waals surface area contributed by atoms with Gasteiger partial charge in [0, 0.05) is 16.6 Å². The van der Waals surface area contributed by atoms with Gasteiger partial charge in [-0.05, 0) is 47.7 Å². The lowest BCUT2D eigenvalue weighted by atomic mass is 10.0. The van der Waals surface area contributed by atoms with Crippen molar-refractivity contribution in [3.63, 3.8) is 0 Å². The molecular formula is C25H29BrN4O3. The van der Waals surface area contributed by atoms with Gasteiger partial charge in [0.15, 0.2) is 0 Å². The van der Waals surface area contributed by atoms with Crippen LogP contribution >= 0.6 is 15.9 Å². The van der Waals surface area contributed by atoms with Gasteiger partial charge in [0.05, 0.1) is 37.6 Å². The topological polar surface area (TPSA) is 87.3 Å². The maximum absolute atomic E-state index is 13.4. The van der Waals surface area contributed by atoms with Crippen LogP contribution in [0.15, 0.2) is 47.1 Å². The first-order valence-electron chi connectivity index (χ1n) is 11.2. The molecule has 4 rings (SSSR count). The highest BCUT2D eigenvalue weighted by molar-refractivity contribution is 9.10. The molecule has 174 valence electrons. The second kappa shape index (κ2) is 10.1. The summed E-state index contributed by atoms with van der Waals surface area (Å²) >= 11 is 3.52. The van der Waals surface area contributed by atoms with Crippen LogP contribution in [0.3, 0.4) is 0 Å². The number of hydrogen-bond donors (Lipinski definition) is 2. The minimum Gasteiger partial charge on any atom is -0.468 e. The molecule has 1 saturated heterocycles. The van der Waals surface area contributed by atoms with Crippen molar-refractivity contribution in [3.8, 4) is 11.3 Å². The quantitative estimate of drug-likeness (QED) is 0.456. The molecule has 1 aromatic heterocycles. The van der Waals surface area contributed by atoms with Gasteiger partial charge in [-0.15, -0.1) is 0 Å². The van der Waals surface area contributed by atoms with E-state index in [9.17, 15) is 9.59 Å². The zero-order valence-corrected chi connectivity index (χ0v) is 20.7. The van der Waals surface area contributed by atoms with Gasteiger partial charge in [-0.25, -0.2) is 4.98 Å². The Morgan fingerprint density at radius 1 is 1.24 bits per heavy atom. The number of aromatic nitrogens is 2. The smallest absolute Gasteiger partial charge is 0.319 e. The highest BCUT2D eigenvalue weighted by Gasteiger charge is 2.36. The van der Waals surface area contributed by atoms with Gasteiger partial charge in [-0.3, -0.25) is 14.9 Å². The molecule has 2 heterocycles. The molecule has 1 amide bonds. The van der Waals surface area contributed by atoms with Gasteiger partial charge >= 0.3 is 5.97 Å². The van der Waals surface area contributed by atoms with Crippen LogP contribution < -0.4 is 5.32 Å². The number of likely N-dealkylation sites (tertiary alicyclic amines) is 1. The molecule has 0 radical (unpaired) electrons. The molecule has 0 unspecified atom stereocenters. The Morgan fingerprint density at radius 3 is 2.76 bits per heavy atom. The van der Waals surface area contributed by atoms with E-state index in [-0.39, 0.29) is 30.4 Å². The summed E-state index contributed by atoms with van der Waals surface area (Å²) in [6.07, 6.45) is 3.61. The van der Waals surface area contributed by atoms with Gasteiger partial charge in [0.25, 0.3) is 0 Å². The van der Waals surface area contributed by atoms with E-state index in [1.165, 1.54) is 12.5 Å². The number of nitrogens with one attached hydrogen (secondary N) is 2. The Balaban J connectivity index is 1.53. The number of hydrogen-bond acceptors (Lipinski definition) is 5. The molecule has 8 heteroatoms. The van der Waals surface area contributed by atoms with Crippen LogP contribution in [0.2, 0.25) is 0 Å². The van der Waals surface area contributed by atoms with Crippen molar-refractivity contribution < 1.29 is 14.3 Å². The first-order chi connectivity index (χ1) is 15.9. The number of amides is 1. The van der Waals surface area contributed by atoms with Crippen LogP contribution in [0, 0.1) is 5.92 Å². The van der Waals surface area contributed by atoms with E-state index in [0.29, 0.717) is 6.54 Å². The van der Waals surface area contributed by atoms with Gasteiger partial charge in [-0.1, -0.05) is 48.0 Å². The summed E-state index contributed by atoms with van der Waals surface area (Å²) in [5, 5.41) is 5.39. The standard InChI is InChI=1S/C25H29BrN4O3/c1-15(2)23(27-14-22(31)33-3)25(32)30-10-4-5-21(30)24-28-13-20(29-24)18-7-6-17-12-19(26)9-8-16(17)11-18/h6-9,11-13,15,21,23,27H,4-5,10,14H2,1-3H3,(H,28,29)/t21-,23-/m0/s1. The van der Waals surface area contributed by atoms with Crippen LogP contribution in [0.25, 0.3) is 22.0 Å². The molecule has 1 fully saturated rings. The number of rotatable bonds is 7. The van der Waals surface area contributed by atoms with Crippen molar-refractivity contribution in [3.05, 3.63) is 52.9 Å².